The molecular formula is C85H122ClN21O13. The second-order valence-corrected chi connectivity index (χ2v) is 30.0. The molecule has 0 radical (unpaired) electrons. The van der Waals surface area contributed by atoms with Crippen LogP contribution in [0.3, 0.4) is 0 Å². The van der Waals surface area contributed by atoms with Gasteiger partial charge in [-0.05, 0) is 168 Å². The van der Waals surface area contributed by atoms with Crippen molar-refractivity contribution in [3.8, 4) is 5.75 Å². The number of hydrogen-bond acceptors (Lipinski definition) is 18. The van der Waals surface area contributed by atoms with Crippen LogP contribution in [-0.4, -0.2) is 226 Å². The highest BCUT2D eigenvalue weighted by molar-refractivity contribution is 6.30. The fourth-order valence-electron chi connectivity index (χ4n) is 13.4. The number of primary amides is 1. The number of carbonyl (C=O) groups excluding carboxylic acids is 11. The van der Waals surface area contributed by atoms with Gasteiger partial charge in [-0.25, -0.2) is 4.98 Å². The number of nitrogens with two attached hydrogens (primary N) is 2. The second-order valence-electron chi connectivity index (χ2n) is 29.6. The van der Waals surface area contributed by atoms with Crippen molar-refractivity contribution < 1.29 is 63.0 Å². The molecule has 20 N–H and O–H groups in total. The number of aromatic hydroxyl groups is 1. The number of phenols is 1. The predicted octanol–water partition coefficient (Wildman–Crippen LogP) is 2.18. The molecular weight excluding hydrogens is 1560 g/mol. The highest BCUT2D eigenvalue weighted by Gasteiger charge is 2.40. The Kier molecular flexibility index (Phi) is 42.2. The van der Waals surface area contributed by atoms with E-state index in [0.29, 0.717) is 105 Å². The summed E-state index contributed by atoms with van der Waals surface area (Å²) in [4.78, 5) is 179. The number of unbranched alkanes of at least 4 members (excludes halogenated alkanes) is 2. The van der Waals surface area contributed by atoms with E-state index < -0.39 is 132 Å². The summed E-state index contributed by atoms with van der Waals surface area (Å²) in [5.74, 6) is -7.73. The first-order valence-corrected chi connectivity index (χ1v) is 41.6. The fourth-order valence-corrected chi connectivity index (χ4v) is 13.5. The van der Waals surface area contributed by atoms with Crippen LogP contribution in [-0.2, 0) is 84.8 Å². The van der Waals surface area contributed by atoms with Crippen LogP contribution in [0.1, 0.15) is 141 Å². The molecule has 2 aromatic heterocycles. The highest BCUT2D eigenvalue weighted by atomic mass is 35.5. The standard InChI is InChI=1S/C80H113ClN18O13.C5H9N3/c1-9-84-79(85-10-2)88-39-17-15-27-60(70(104)94-62(42-49(5)6)71(105)93-61(28-16-18-40-89-80(86-11-3)87-12-4)78(112)99-41-21-29-68(99)77(111)90-50(7)69(82)103)92-72(106)63(44-53-32-36-58(102)37-33-53)97-76(110)67(48-100)98-74(108)65(45-54-22-20-38-83-47-54)96-73(107)64(43-52-30-34-57(81)35-31-52)95-75(109)66(91-51(8)101)46-56-25-19-24-55-23-13-14-26-59(55)56;6-2-1-5-3-7-4-8-5/h13-14,19-20,22-26,30-38,47,49-50,60-68,100,102H,9-12,15-18,21,27-29,39-46,48H2,1-8H3,(H2,82,103)(H,90,111)(H,91,101)(H,92,106)(H,93,105)(H,94,104)(H,95,109)(H,96,107)(H,97,110)(H,98,108)(H2,84,85,88)(H2,86,87,89);3-4H,1-2,6H2,(H,7,8)/t50-,60-,61+,62+,63+,64-,65-,66-,67+,68+;/m1./s1. The number of aliphatic hydroxyl groups excluding tert-OH is 1. The first kappa shape index (κ1) is 97.1. The van der Waals surface area contributed by atoms with Gasteiger partial charge in [0.2, 0.25) is 65.0 Å². The van der Waals surface area contributed by atoms with Crippen molar-refractivity contribution >= 4 is 99.3 Å². The van der Waals surface area contributed by atoms with Gasteiger partial charge in [0.1, 0.15) is 66.2 Å². The minimum atomic E-state index is -1.82. The number of carbonyl (C=O) groups is 11. The van der Waals surface area contributed by atoms with Crippen molar-refractivity contribution in [2.75, 3.05) is 59.0 Å². The van der Waals surface area contributed by atoms with E-state index in [2.05, 4.69) is 94.1 Å². The Balaban J connectivity index is 0.00000262. The number of aliphatic hydroxyl groups is 1. The van der Waals surface area contributed by atoms with E-state index in [9.17, 15) is 53.4 Å². The zero-order chi connectivity index (χ0) is 87.5. The minimum absolute atomic E-state index is 0.0340. The van der Waals surface area contributed by atoms with Crippen molar-refractivity contribution in [3.63, 3.8) is 0 Å². The topological polar surface area (TPSA) is 506 Å². The molecule has 0 bridgehead atoms. The van der Waals surface area contributed by atoms with E-state index in [1.807, 2.05) is 90.2 Å². The number of aromatic amines is 1. The summed E-state index contributed by atoms with van der Waals surface area (Å²) in [6.45, 7) is 17.0. The highest BCUT2D eigenvalue weighted by Crippen LogP contribution is 2.24. The number of nitrogens with zero attached hydrogens (tertiary/aromatic N) is 5. The molecule has 1 aliphatic rings. The maximum atomic E-state index is 15.2. The second kappa shape index (κ2) is 52.2. The number of phenolic OH excluding ortho intramolecular Hbond substituents is 1. The first-order chi connectivity index (χ1) is 57.7. The molecule has 1 fully saturated rings. The molecule has 120 heavy (non-hydrogen) atoms. The third-order valence-electron chi connectivity index (χ3n) is 19.5. The van der Waals surface area contributed by atoms with Crippen LogP contribution < -0.4 is 80.6 Å². The summed E-state index contributed by atoms with van der Waals surface area (Å²) in [6.07, 6.45) is 9.14. The van der Waals surface area contributed by atoms with E-state index >= 15 is 9.59 Å². The smallest absolute Gasteiger partial charge is 0.245 e. The number of halogens is 1. The number of aromatic nitrogens is 3. The molecule has 0 aliphatic carbocycles. The lowest BCUT2D eigenvalue weighted by molar-refractivity contribution is -0.142. The summed E-state index contributed by atoms with van der Waals surface area (Å²) >= 11 is 6.27. The lowest BCUT2D eigenvalue weighted by atomic mass is 9.97. The molecule has 10 atom stereocenters. The summed E-state index contributed by atoms with van der Waals surface area (Å²) in [7, 11) is 0. The molecule has 652 valence electrons. The van der Waals surface area contributed by atoms with Crippen LogP contribution >= 0.6 is 11.6 Å². The normalized spacial score (nSPS) is 14.5. The lowest BCUT2D eigenvalue weighted by Gasteiger charge is -2.31. The van der Waals surface area contributed by atoms with Gasteiger partial charge in [0, 0.05) is 108 Å². The number of nitrogens with one attached hydrogen (secondary N) is 14. The summed E-state index contributed by atoms with van der Waals surface area (Å²) in [5, 5.41) is 60.9. The van der Waals surface area contributed by atoms with Crippen LogP contribution in [0.25, 0.3) is 10.8 Å². The maximum Gasteiger partial charge on any atom is 0.245 e. The molecule has 35 heteroatoms. The van der Waals surface area contributed by atoms with Crippen LogP contribution in [0.4, 0.5) is 0 Å². The summed E-state index contributed by atoms with van der Waals surface area (Å²) in [6, 6.07) is 15.1. The van der Waals surface area contributed by atoms with Crippen LogP contribution in [0.5, 0.6) is 5.75 Å². The van der Waals surface area contributed by atoms with E-state index in [1.165, 1.54) is 55.4 Å². The van der Waals surface area contributed by atoms with Crippen LogP contribution in [0, 0.1) is 5.92 Å². The Labute approximate surface area is 706 Å². The van der Waals surface area contributed by atoms with E-state index in [1.54, 1.807) is 42.7 Å². The van der Waals surface area contributed by atoms with Crippen molar-refractivity contribution in [2.45, 2.75) is 206 Å². The number of guanidine groups is 2. The Bertz CT molecular complexity index is 4290. The zero-order valence-electron chi connectivity index (χ0n) is 69.9. The Hall–Kier alpha value is -11.8. The van der Waals surface area contributed by atoms with Crippen molar-refractivity contribution in [1.82, 2.24) is 89.0 Å². The van der Waals surface area contributed by atoms with Crippen molar-refractivity contribution in [2.24, 2.45) is 27.4 Å². The molecule has 4 aromatic carbocycles. The Morgan fingerprint density at radius 3 is 1.57 bits per heavy atom. The fraction of sp³-hybridized carbons (Fsp3) is 0.494. The van der Waals surface area contributed by atoms with Gasteiger partial charge in [-0.2, -0.15) is 0 Å². The van der Waals surface area contributed by atoms with Gasteiger partial charge in [-0.15, -0.1) is 0 Å². The monoisotopic (exact) mass is 1680 g/mol. The number of rotatable bonds is 46. The van der Waals surface area contributed by atoms with Crippen molar-refractivity contribution in [3.05, 3.63) is 161 Å². The van der Waals surface area contributed by atoms with E-state index in [0.717, 1.165) is 28.5 Å². The third kappa shape index (κ3) is 33.6. The molecule has 1 aliphatic heterocycles. The first-order valence-electron chi connectivity index (χ1n) is 41.2. The van der Waals surface area contributed by atoms with Gasteiger partial charge >= 0.3 is 0 Å². The third-order valence-corrected chi connectivity index (χ3v) is 19.7. The number of hydrogen-bond donors (Lipinski definition) is 18. The number of imidazole rings is 1. The molecule has 6 aromatic rings. The molecule has 34 nitrogen and oxygen atoms in total. The number of benzene rings is 4. The minimum Gasteiger partial charge on any atom is -0.508 e. The molecule has 0 spiro atoms. The SMILES string of the molecule is CCNC(=NCCCC[C@H](NC(=O)[C@H](CC(C)C)NC(=O)[C@@H](CCCCN=C(NCC)NCC)NC(=O)[C@H](Cc1ccc(O)cc1)NC(=O)[C@H](CO)NC(=O)[C@@H](Cc1cccnc1)NC(=O)[C@@H](Cc1ccc(Cl)cc1)NC(=O)[C@@H](Cc1cccc2ccccc12)NC(C)=O)C(=O)N1CCC[C@H]1C(=O)N[C@H](C)C(N)=O)NCC.NCCc1c[nH]cn1. The van der Waals surface area contributed by atoms with Crippen molar-refractivity contribution in [1.29, 1.82) is 0 Å². The Morgan fingerprint density at radius 1 is 0.567 bits per heavy atom. The number of pyridine rings is 1. The summed E-state index contributed by atoms with van der Waals surface area (Å²) < 4.78 is 0. The van der Waals surface area contributed by atoms with Gasteiger partial charge in [-0.1, -0.05) is 98.2 Å². The Morgan fingerprint density at radius 2 is 1.06 bits per heavy atom. The lowest BCUT2D eigenvalue weighted by Crippen LogP contribution is -2.61. The van der Waals surface area contributed by atoms with Gasteiger partial charge in [0.25, 0.3) is 0 Å². The predicted molar refractivity (Wildman–Crippen MR) is 460 cm³/mol. The van der Waals surface area contributed by atoms with Gasteiger partial charge < -0.3 is 101 Å². The number of H-pyrrole nitrogens is 1. The molecule has 0 unspecified atom stereocenters. The molecule has 11 amide bonds. The average molecular weight is 1680 g/mol. The largest absolute Gasteiger partial charge is 0.508 e. The molecule has 1 saturated heterocycles. The number of likely N-dealkylation sites (tertiary alicyclic amines) is 1. The average Bonchev–Trinajstić information content (AvgIpc) is 0.848. The van der Waals surface area contributed by atoms with E-state index in [4.69, 9.17) is 23.1 Å². The molecule has 7 rings (SSSR count). The number of amides is 11. The zero-order valence-corrected chi connectivity index (χ0v) is 70.6. The quantitative estimate of drug-likeness (QED) is 0.0148. The maximum absolute atomic E-state index is 15.2. The van der Waals surface area contributed by atoms with Crippen LogP contribution in [0.15, 0.2) is 138 Å². The number of fused-ring (bicyclic) bond motifs is 1. The van der Waals surface area contributed by atoms with Gasteiger partial charge in [-0.3, -0.25) is 67.7 Å². The van der Waals surface area contributed by atoms with Gasteiger partial charge in [0.05, 0.1) is 18.6 Å². The van der Waals surface area contributed by atoms with Gasteiger partial charge in [0.15, 0.2) is 11.9 Å². The summed E-state index contributed by atoms with van der Waals surface area (Å²) in [5.41, 5.74) is 13.9. The molecule has 0 saturated carbocycles. The van der Waals surface area contributed by atoms with E-state index in [-0.39, 0.29) is 76.0 Å². The number of aliphatic imine (C=N–C) groups is 2. The van der Waals surface area contributed by atoms with Crippen LogP contribution in [0.2, 0.25) is 5.02 Å². The molecule has 3 heterocycles.